The zero-order valence-corrected chi connectivity index (χ0v) is 12.2. The van der Waals surface area contributed by atoms with Crippen molar-refractivity contribution in [2.45, 2.75) is 64.1 Å². The maximum Gasteiger partial charge on any atom is 0.236 e. The van der Waals surface area contributed by atoms with Gasteiger partial charge >= 0.3 is 0 Å². The average molecular weight is 256 g/mol. The van der Waals surface area contributed by atoms with Crippen molar-refractivity contribution in [1.82, 2.24) is 10.6 Å². The van der Waals surface area contributed by atoms with E-state index in [9.17, 15) is 4.79 Å². The lowest BCUT2D eigenvalue weighted by Gasteiger charge is -2.34. The zero-order chi connectivity index (χ0) is 13.5. The third kappa shape index (κ3) is 4.58. The van der Waals surface area contributed by atoms with Crippen LogP contribution in [0.5, 0.6) is 0 Å². The largest absolute Gasteiger partial charge is 0.380 e. The van der Waals surface area contributed by atoms with Gasteiger partial charge in [0.25, 0.3) is 0 Å². The molecule has 0 radical (unpaired) electrons. The highest BCUT2D eigenvalue weighted by molar-refractivity contribution is 5.81. The number of rotatable bonds is 6. The second-order valence-corrected chi connectivity index (χ2v) is 5.63. The number of likely N-dealkylation sites (N-methyl/N-ethyl adjacent to an activating group) is 1. The predicted molar refractivity (Wildman–Crippen MR) is 73.5 cm³/mol. The Labute approximate surface area is 111 Å². The first kappa shape index (κ1) is 15.4. The van der Waals surface area contributed by atoms with E-state index >= 15 is 0 Å². The Balaban J connectivity index is 2.59. The molecule has 1 rings (SSSR count). The van der Waals surface area contributed by atoms with Gasteiger partial charge in [-0.1, -0.05) is 26.7 Å². The molecule has 2 N–H and O–H groups in total. The van der Waals surface area contributed by atoms with Gasteiger partial charge in [-0.3, -0.25) is 4.79 Å². The number of ether oxygens (including phenoxy) is 1. The number of nitrogens with one attached hydrogen (secondary N) is 2. The van der Waals surface area contributed by atoms with Crippen LogP contribution < -0.4 is 10.6 Å². The summed E-state index contributed by atoms with van der Waals surface area (Å²) in [6, 6.07) is 0.209. The minimum absolute atomic E-state index is 0.0872. The Bertz CT molecular complexity index is 256. The molecular weight excluding hydrogens is 228 g/mol. The van der Waals surface area contributed by atoms with Gasteiger partial charge in [0.05, 0.1) is 12.1 Å². The van der Waals surface area contributed by atoms with Crippen molar-refractivity contribution in [2.24, 2.45) is 5.92 Å². The summed E-state index contributed by atoms with van der Waals surface area (Å²) in [6.45, 7) is 4.29. The van der Waals surface area contributed by atoms with Crippen LogP contribution in [0.15, 0.2) is 0 Å². The molecule has 3 atom stereocenters. The number of hydrogen-bond acceptors (Lipinski definition) is 3. The molecule has 1 amide bonds. The standard InChI is InChI=1S/C14H28N2O2/c1-10(2)9-12(14(17)15-3)16-11-7-5-6-8-13(11)18-4/h10-13,16H,5-9H2,1-4H3,(H,15,17). The fourth-order valence-corrected chi connectivity index (χ4v) is 2.72. The van der Waals surface area contributed by atoms with Gasteiger partial charge in [-0.25, -0.2) is 0 Å². The zero-order valence-electron chi connectivity index (χ0n) is 12.2. The minimum atomic E-state index is -0.101. The minimum Gasteiger partial charge on any atom is -0.380 e. The van der Waals surface area contributed by atoms with Crippen LogP contribution in [-0.4, -0.2) is 38.3 Å². The normalized spacial score (nSPS) is 26.1. The molecule has 4 heteroatoms. The van der Waals surface area contributed by atoms with E-state index in [2.05, 4.69) is 24.5 Å². The lowest BCUT2D eigenvalue weighted by molar-refractivity contribution is -0.123. The summed E-state index contributed by atoms with van der Waals surface area (Å²) < 4.78 is 5.53. The van der Waals surface area contributed by atoms with E-state index in [1.54, 1.807) is 14.2 Å². The number of carbonyl (C=O) groups excluding carboxylic acids is 1. The highest BCUT2D eigenvalue weighted by atomic mass is 16.5. The van der Waals surface area contributed by atoms with Crippen LogP contribution in [0.4, 0.5) is 0 Å². The summed E-state index contributed by atoms with van der Waals surface area (Å²) >= 11 is 0. The highest BCUT2D eigenvalue weighted by Crippen LogP contribution is 2.22. The summed E-state index contributed by atoms with van der Waals surface area (Å²) in [5, 5.41) is 6.25. The molecule has 0 saturated heterocycles. The lowest BCUT2D eigenvalue weighted by atomic mass is 9.91. The van der Waals surface area contributed by atoms with Crippen LogP contribution in [0, 0.1) is 5.92 Å². The van der Waals surface area contributed by atoms with Crippen LogP contribution >= 0.6 is 0 Å². The maximum atomic E-state index is 11.9. The molecule has 0 spiro atoms. The Morgan fingerprint density at radius 3 is 2.56 bits per heavy atom. The number of methoxy groups -OCH3 is 1. The van der Waals surface area contributed by atoms with Crippen molar-refractivity contribution in [3.05, 3.63) is 0 Å². The number of hydrogen-bond donors (Lipinski definition) is 2. The molecule has 0 aliphatic heterocycles. The number of carbonyl (C=O) groups is 1. The Hall–Kier alpha value is -0.610. The molecular formula is C14H28N2O2. The molecule has 106 valence electrons. The number of amides is 1. The Morgan fingerprint density at radius 2 is 2.00 bits per heavy atom. The van der Waals surface area contributed by atoms with Crippen molar-refractivity contribution in [2.75, 3.05) is 14.2 Å². The molecule has 1 fully saturated rings. The topological polar surface area (TPSA) is 50.4 Å². The molecule has 1 aliphatic carbocycles. The summed E-state index contributed by atoms with van der Waals surface area (Å²) in [4.78, 5) is 11.9. The van der Waals surface area contributed by atoms with E-state index in [-0.39, 0.29) is 18.1 Å². The smallest absolute Gasteiger partial charge is 0.236 e. The summed E-state index contributed by atoms with van der Waals surface area (Å²) in [5.74, 6) is 0.591. The quantitative estimate of drug-likeness (QED) is 0.760. The van der Waals surface area contributed by atoms with Gasteiger partial charge < -0.3 is 15.4 Å². The average Bonchev–Trinajstić information content (AvgIpc) is 2.37. The highest BCUT2D eigenvalue weighted by Gasteiger charge is 2.29. The molecule has 0 aromatic rings. The molecule has 0 heterocycles. The van der Waals surface area contributed by atoms with Crippen molar-refractivity contribution in [3.8, 4) is 0 Å². The van der Waals surface area contributed by atoms with Gasteiger partial charge in [-0.05, 0) is 25.2 Å². The second-order valence-electron chi connectivity index (χ2n) is 5.63. The van der Waals surface area contributed by atoms with Crippen molar-refractivity contribution in [1.29, 1.82) is 0 Å². The molecule has 0 aromatic carbocycles. The van der Waals surface area contributed by atoms with Crippen LogP contribution in [0.2, 0.25) is 0 Å². The van der Waals surface area contributed by atoms with Crippen molar-refractivity contribution in [3.63, 3.8) is 0 Å². The fourth-order valence-electron chi connectivity index (χ4n) is 2.72. The lowest BCUT2D eigenvalue weighted by Crippen LogP contribution is -2.53. The Morgan fingerprint density at radius 1 is 1.33 bits per heavy atom. The van der Waals surface area contributed by atoms with Crippen LogP contribution in [0.3, 0.4) is 0 Å². The van der Waals surface area contributed by atoms with Gasteiger partial charge in [-0.2, -0.15) is 0 Å². The van der Waals surface area contributed by atoms with Gasteiger partial charge in [0.15, 0.2) is 0 Å². The van der Waals surface area contributed by atoms with E-state index in [0.29, 0.717) is 12.0 Å². The van der Waals surface area contributed by atoms with Gasteiger partial charge in [0.1, 0.15) is 0 Å². The van der Waals surface area contributed by atoms with Crippen molar-refractivity contribution < 1.29 is 9.53 Å². The molecule has 1 aliphatic rings. The van der Waals surface area contributed by atoms with E-state index < -0.39 is 0 Å². The van der Waals surface area contributed by atoms with Gasteiger partial charge in [0, 0.05) is 20.2 Å². The summed E-state index contributed by atoms with van der Waals surface area (Å²) in [5.41, 5.74) is 0. The monoisotopic (exact) mass is 256 g/mol. The SMILES string of the molecule is CNC(=O)C(CC(C)C)NC1CCCCC1OC. The molecule has 4 nitrogen and oxygen atoms in total. The maximum absolute atomic E-state index is 11.9. The Kier molecular flexibility index (Phi) is 6.65. The predicted octanol–water partition coefficient (Wildman–Crippen LogP) is 1.69. The van der Waals surface area contributed by atoms with E-state index in [0.717, 1.165) is 19.3 Å². The van der Waals surface area contributed by atoms with Gasteiger partial charge in [-0.15, -0.1) is 0 Å². The third-order valence-electron chi connectivity index (χ3n) is 3.69. The molecule has 1 saturated carbocycles. The summed E-state index contributed by atoms with van der Waals surface area (Å²) in [7, 11) is 3.47. The van der Waals surface area contributed by atoms with E-state index in [4.69, 9.17) is 4.74 Å². The first-order valence-corrected chi connectivity index (χ1v) is 7.09. The molecule has 18 heavy (non-hydrogen) atoms. The molecule has 3 unspecified atom stereocenters. The third-order valence-corrected chi connectivity index (χ3v) is 3.69. The molecule has 0 bridgehead atoms. The van der Waals surface area contributed by atoms with Crippen LogP contribution in [0.25, 0.3) is 0 Å². The van der Waals surface area contributed by atoms with E-state index in [1.807, 2.05) is 0 Å². The first-order chi connectivity index (χ1) is 8.58. The van der Waals surface area contributed by atoms with E-state index in [1.165, 1.54) is 12.8 Å². The first-order valence-electron chi connectivity index (χ1n) is 7.09. The van der Waals surface area contributed by atoms with Crippen molar-refractivity contribution >= 4 is 5.91 Å². The molecule has 0 aromatic heterocycles. The van der Waals surface area contributed by atoms with Crippen LogP contribution in [0.1, 0.15) is 46.0 Å². The van der Waals surface area contributed by atoms with Gasteiger partial charge in [0.2, 0.25) is 5.91 Å². The second kappa shape index (κ2) is 7.74. The fraction of sp³-hybridized carbons (Fsp3) is 0.929. The van der Waals surface area contributed by atoms with Crippen LogP contribution in [-0.2, 0) is 9.53 Å². The summed E-state index contributed by atoms with van der Waals surface area (Å²) in [6.07, 6.45) is 5.76.